The molecule has 0 aromatic carbocycles. The fourth-order valence-corrected chi connectivity index (χ4v) is 2.48. The molecular weight excluding hydrogens is 327 g/mol. The zero-order valence-corrected chi connectivity index (χ0v) is 12.0. The van der Waals surface area contributed by atoms with Crippen molar-refractivity contribution in [2.45, 2.75) is 11.4 Å². The number of rotatable bonds is 8. The molecule has 0 aliphatic rings. The zero-order chi connectivity index (χ0) is 13.4. The third-order valence-corrected chi connectivity index (χ3v) is 3.68. The molecule has 1 heterocycles. The Kier molecular flexibility index (Phi) is 6.69. The van der Waals surface area contributed by atoms with Crippen molar-refractivity contribution in [3.63, 3.8) is 0 Å². The van der Waals surface area contributed by atoms with Gasteiger partial charge in [-0.25, -0.2) is 22.5 Å². The normalized spacial score (nSPS) is 11.7. The second-order valence-electron chi connectivity index (χ2n) is 3.34. The van der Waals surface area contributed by atoms with Crippen LogP contribution in [0.3, 0.4) is 0 Å². The molecule has 0 atom stereocenters. The number of aromatic nitrogens is 1. The topological polar surface area (TPSA) is 68.3 Å². The highest BCUT2D eigenvalue weighted by molar-refractivity contribution is 9.09. The van der Waals surface area contributed by atoms with Gasteiger partial charge in [0.25, 0.3) is 10.0 Å². The van der Waals surface area contributed by atoms with Crippen LogP contribution < -0.4 is 4.72 Å². The molecular formula is C10H14BrFN2O3S. The van der Waals surface area contributed by atoms with Crippen molar-refractivity contribution in [3.05, 3.63) is 24.1 Å². The van der Waals surface area contributed by atoms with Crippen LogP contribution in [0.2, 0.25) is 0 Å². The second-order valence-corrected chi connectivity index (χ2v) is 5.82. The highest BCUT2D eigenvalue weighted by Gasteiger charge is 2.19. The molecule has 0 unspecified atom stereocenters. The Hall–Kier alpha value is -0.570. The molecule has 0 aliphatic carbocycles. The molecule has 0 aliphatic heterocycles. The molecule has 1 rings (SSSR count). The SMILES string of the molecule is O=S(=O)(NCCCOCCBr)c1ncccc1F. The lowest BCUT2D eigenvalue weighted by Crippen LogP contribution is -2.27. The number of nitrogens with one attached hydrogen (secondary N) is 1. The fraction of sp³-hybridized carbons (Fsp3) is 0.500. The maximum absolute atomic E-state index is 13.2. The summed E-state index contributed by atoms with van der Waals surface area (Å²) in [6.45, 7) is 1.20. The van der Waals surface area contributed by atoms with Crippen molar-refractivity contribution >= 4 is 26.0 Å². The van der Waals surface area contributed by atoms with E-state index in [1.165, 1.54) is 12.3 Å². The Balaban J connectivity index is 2.44. The van der Waals surface area contributed by atoms with Crippen LogP contribution in [0.15, 0.2) is 23.4 Å². The minimum atomic E-state index is -3.88. The van der Waals surface area contributed by atoms with Gasteiger partial charge in [0, 0.05) is 24.7 Å². The summed E-state index contributed by atoms with van der Waals surface area (Å²) < 4.78 is 44.0. The van der Waals surface area contributed by atoms with Gasteiger partial charge in [-0.05, 0) is 18.6 Å². The van der Waals surface area contributed by atoms with Crippen molar-refractivity contribution in [1.82, 2.24) is 9.71 Å². The van der Waals surface area contributed by atoms with E-state index in [9.17, 15) is 12.8 Å². The predicted octanol–water partition coefficient (Wildman–Crippen LogP) is 1.30. The third-order valence-electron chi connectivity index (χ3n) is 1.96. The molecule has 102 valence electrons. The molecule has 1 aromatic heterocycles. The molecule has 0 saturated heterocycles. The number of ether oxygens (including phenoxy) is 1. The van der Waals surface area contributed by atoms with Gasteiger partial charge >= 0.3 is 0 Å². The van der Waals surface area contributed by atoms with Gasteiger partial charge in [-0.2, -0.15) is 0 Å². The summed E-state index contributed by atoms with van der Waals surface area (Å²) in [5.74, 6) is -0.861. The molecule has 5 nitrogen and oxygen atoms in total. The molecule has 0 radical (unpaired) electrons. The molecule has 0 amide bonds. The molecule has 18 heavy (non-hydrogen) atoms. The average molecular weight is 341 g/mol. The van der Waals surface area contributed by atoms with Gasteiger partial charge in [-0.15, -0.1) is 0 Å². The molecule has 0 fully saturated rings. The Morgan fingerprint density at radius 1 is 1.44 bits per heavy atom. The lowest BCUT2D eigenvalue weighted by molar-refractivity contribution is 0.149. The molecule has 0 saturated carbocycles. The number of pyridine rings is 1. The van der Waals surface area contributed by atoms with E-state index >= 15 is 0 Å². The van der Waals surface area contributed by atoms with Gasteiger partial charge in [-0.1, -0.05) is 15.9 Å². The Morgan fingerprint density at radius 2 is 2.22 bits per heavy atom. The summed E-state index contributed by atoms with van der Waals surface area (Å²) in [4.78, 5) is 3.52. The van der Waals surface area contributed by atoms with Crippen LogP contribution in [0.25, 0.3) is 0 Å². The quantitative estimate of drug-likeness (QED) is 0.572. The first-order chi connectivity index (χ1) is 8.58. The van der Waals surface area contributed by atoms with E-state index in [2.05, 4.69) is 25.6 Å². The van der Waals surface area contributed by atoms with Crippen LogP contribution in [0.5, 0.6) is 0 Å². The maximum atomic E-state index is 13.2. The van der Waals surface area contributed by atoms with E-state index in [1.54, 1.807) is 0 Å². The standard InChI is InChI=1S/C10H14BrFN2O3S/c11-4-8-17-7-2-6-14-18(15,16)10-9(12)3-1-5-13-10/h1,3,5,14H,2,4,6-8H2. The van der Waals surface area contributed by atoms with Crippen LogP contribution in [0.1, 0.15) is 6.42 Å². The number of hydrogen-bond acceptors (Lipinski definition) is 4. The highest BCUT2D eigenvalue weighted by Crippen LogP contribution is 2.09. The number of halogens is 2. The minimum Gasteiger partial charge on any atom is -0.381 e. The highest BCUT2D eigenvalue weighted by atomic mass is 79.9. The summed E-state index contributed by atoms with van der Waals surface area (Å²) in [6.07, 6.45) is 1.75. The third kappa shape index (κ3) is 4.97. The van der Waals surface area contributed by atoms with Gasteiger partial charge < -0.3 is 4.74 Å². The summed E-state index contributed by atoms with van der Waals surface area (Å²) in [6, 6.07) is 2.39. The lowest BCUT2D eigenvalue weighted by Gasteiger charge is -2.06. The second kappa shape index (κ2) is 7.78. The van der Waals surface area contributed by atoms with Crippen LogP contribution in [-0.2, 0) is 14.8 Å². The van der Waals surface area contributed by atoms with E-state index in [1.807, 2.05) is 0 Å². The Labute approximate surface area is 114 Å². The number of sulfonamides is 1. The molecule has 1 N–H and O–H groups in total. The maximum Gasteiger partial charge on any atom is 0.261 e. The van der Waals surface area contributed by atoms with Gasteiger partial charge in [0.2, 0.25) is 5.03 Å². The van der Waals surface area contributed by atoms with E-state index in [0.717, 1.165) is 11.4 Å². The number of alkyl halides is 1. The van der Waals surface area contributed by atoms with Gasteiger partial charge in [0.15, 0.2) is 5.82 Å². The van der Waals surface area contributed by atoms with Crippen molar-refractivity contribution in [3.8, 4) is 0 Å². The average Bonchev–Trinajstić information content (AvgIpc) is 2.34. The summed E-state index contributed by atoms with van der Waals surface area (Å²) >= 11 is 3.20. The van der Waals surface area contributed by atoms with Gasteiger partial charge in [0.05, 0.1) is 6.61 Å². The smallest absolute Gasteiger partial charge is 0.261 e. The van der Waals surface area contributed by atoms with Gasteiger partial charge in [0.1, 0.15) is 0 Å². The first kappa shape index (κ1) is 15.5. The van der Waals surface area contributed by atoms with E-state index in [4.69, 9.17) is 4.74 Å². The summed E-state index contributed by atoms with van der Waals surface area (Å²) in [5, 5.41) is 0.157. The lowest BCUT2D eigenvalue weighted by atomic mass is 10.5. The first-order valence-corrected chi connectivity index (χ1v) is 7.92. The van der Waals surface area contributed by atoms with Crippen LogP contribution in [-0.4, -0.2) is 38.5 Å². The molecule has 0 spiro atoms. The van der Waals surface area contributed by atoms with Crippen LogP contribution >= 0.6 is 15.9 Å². The Morgan fingerprint density at radius 3 is 2.89 bits per heavy atom. The molecule has 0 bridgehead atoms. The van der Waals surface area contributed by atoms with Crippen molar-refractivity contribution in [1.29, 1.82) is 0 Å². The fourth-order valence-electron chi connectivity index (χ4n) is 1.17. The molecule has 8 heteroatoms. The van der Waals surface area contributed by atoms with Crippen molar-refractivity contribution in [2.24, 2.45) is 0 Å². The summed E-state index contributed by atoms with van der Waals surface area (Å²) in [5.41, 5.74) is 0. The number of hydrogen-bond donors (Lipinski definition) is 1. The molecule has 1 aromatic rings. The van der Waals surface area contributed by atoms with Crippen molar-refractivity contribution < 1.29 is 17.5 Å². The largest absolute Gasteiger partial charge is 0.381 e. The zero-order valence-electron chi connectivity index (χ0n) is 9.60. The van der Waals surface area contributed by atoms with Crippen LogP contribution in [0.4, 0.5) is 4.39 Å². The first-order valence-electron chi connectivity index (χ1n) is 5.32. The number of nitrogens with zero attached hydrogens (tertiary/aromatic N) is 1. The monoisotopic (exact) mass is 340 g/mol. The van der Waals surface area contributed by atoms with Gasteiger partial charge in [-0.3, -0.25) is 0 Å². The minimum absolute atomic E-state index is 0.181. The predicted molar refractivity (Wildman–Crippen MR) is 68.6 cm³/mol. The van der Waals surface area contributed by atoms with Crippen LogP contribution in [0, 0.1) is 5.82 Å². The van der Waals surface area contributed by atoms with E-state index in [0.29, 0.717) is 19.6 Å². The van der Waals surface area contributed by atoms with Crippen molar-refractivity contribution in [2.75, 3.05) is 25.1 Å². The Bertz CT molecular complexity index is 470. The summed E-state index contributed by atoms with van der Waals surface area (Å²) in [7, 11) is -3.88. The van der Waals surface area contributed by atoms with E-state index < -0.39 is 20.9 Å². The van der Waals surface area contributed by atoms with E-state index in [-0.39, 0.29) is 6.54 Å².